The number of nitrogens with two attached hydrogens (primary N) is 2. The number of benzene rings is 1. The molecule has 2 atom stereocenters. The Balaban J connectivity index is 0.00000280. The highest BCUT2D eigenvalue weighted by atomic mass is 35.5. The summed E-state index contributed by atoms with van der Waals surface area (Å²) >= 11 is 0. The van der Waals surface area contributed by atoms with Crippen LogP contribution in [-0.2, 0) is 9.59 Å². The summed E-state index contributed by atoms with van der Waals surface area (Å²) in [7, 11) is 0. The molecule has 6 N–H and O–H groups in total. The summed E-state index contributed by atoms with van der Waals surface area (Å²) in [6, 6.07) is 7.10. The van der Waals surface area contributed by atoms with E-state index in [1.54, 1.807) is 24.3 Å². The number of carbonyl (C=O) groups excluding carboxylic acids is 3. The van der Waals surface area contributed by atoms with Crippen LogP contribution >= 0.6 is 12.4 Å². The lowest BCUT2D eigenvalue weighted by Gasteiger charge is -2.43. The lowest BCUT2D eigenvalue weighted by atomic mass is 9.65. The quantitative estimate of drug-likeness (QED) is 0.572. The molecule has 2 unspecified atom stereocenters. The zero-order valence-corrected chi connectivity index (χ0v) is 16.7. The van der Waals surface area contributed by atoms with Crippen LogP contribution in [0.1, 0.15) is 48.9 Å². The SMILES string of the molecule is Cl.NC(=O)CCNC(=O)c1ccccc1NC(=O)C1CC2CCCC(C1)C2N. The highest BCUT2D eigenvalue weighted by Crippen LogP contribution is 2.42. The minimum Gasteiger partial charge on any atom is -0.370 e. The second kappa shape index (κ2) is 9.89. The fraction of sp³-hybridized carbons (Fsp3) is 0.550. The van der Waals surface area contributed by atoms with Crippen LogP contribution in [0.25, 0.3) is 0 Å². The lowest BCUT2D eigenvalue weighted by molar-refractivity contribution is -0.122. The topological polar surface area (TPSA) is 127 Å². The molecule has 0 radical (unpaired) electrons. The van der Waals surface area contributed by atoms with Crippen molar-refractivity contribution in [2.75, 3.05) is 11.9 Å². The van der Waals surface area contributed by atoms with Crippen molar-refractivity contribution in [1.29, 1.82) is 0 Å². The van der Waals surface area contributed by atoms with E-state index in [9.17, 15) is 14.4 Å². The first-order chi connectivity index (χ1) is 13.0. The van der Waals surface area contributed by atoms with Gasteiger partial charge in [-0.2, -0.15) is 0 Å². The van der Waals surface area contributed by atoms with Crippen molar-refractivity contribution >= 4 is 35.8 Å². The van der Waals surface area contributed by atoms with Crippen molar-refractivity contribution in [3.05, 3.63) is 29.8 Å². The fourth-order valence-electron chi connectivity index (χ4n) is 4.42. The molecule has 3 amide bonds. The average molecular weight is 409 g/mol. The van der Waals surface area contributed by atoms with Gasteiger partial charge >= 0.3 is 0 Å². The van der Waals surface area contributed by atoms with Crippen LogP contribution < -0.4 is 22.1 Å². The number of fused-ring (bicyclic) bond motifs is 2. The number of primary amides is 1. The largest absolute Gasteiger partial charge is 0.370 e. The van der Waals surface area contributed by atoms with Gasteiger partial charge in [-0.05, 0) is 49.7 Å². The molecule has 2 saturated carbocycles. The molecule has 2 aliphatic carbocycles. The van der Waals surface area contributed by atoms with Crippen LogP contribution in [0.2, 0.25) is 0 Å². The third kappa shape index (κ3) is 5.23. The van der Waals surface area contributed by atoms with E-state index in [1.807, 2.05) is 0 Å². The van der Waals surface area contributed by atoms with Gasteiger partial charge in [0.05, 0.1) is 11.3 Å². The number of amides is 3. The fourth-order valence-corrected chi connectivity index (χ4v) is 4.42. The first kappa shape index (κ1) is 22.2. The zero-order valence-electron chi connectivity index (χ0n) is 15.9. The maximum atomic E-state index is 12.8. The molecule has 0 aliphatic heterocycles. The van der Waals surface area contributed by atoms with E-state index >= 15 is 0 Å². The molecule has 2 bridgehead atoms. The zero-order chi connectivity index (χ0) is 19.4. The smallest absolute Gasteiger partial charge is 0.253 e. The molecular weight excluding hydrogens is 380 g/mol. The van der Waals surface area contributed by atoms with E-state index in [-0.39, 0.29) is 49.1 Å². The number of carbonyl (C=O) groups is 3. The molecule has 2 fully saturated rings. The third-order valence-electron chi connectivity index (χ3n) is 5.87. The van der Waals surface area contributed by atoms with Gasteiger partial charge in [-0.1, -0.05) is 18.6 Å². The summed E-state index contributed by atoms with van der Waals surface area (Å²) in [5.41, 5.74) is 12.3. The minimum absolute atomic E-state index is 0. The van der Waals surface area contributed by atoms with Gasteiger partial charge in [0.1, 0.15) is 0 Å². The Morgan fingerprint density at radius 1 is 1.07 bits per heavy atom. The van der Waals surface area contributed by atoms with Crippen molar-refractivity contribution in [2.24, 2.45) is 29.2 Å². The molecule has 1 aromatic rings. The number of para-hydroxylation sites is 1. The van der Waals surface area contributed by atoms with E-state index in [1.165, 1.54) is 6.42 Å². The standard InChI is InChI=1S/C20H28N4O3.ClH/c21-17(25)8-9-23-20(27)15-6-1-2-7-16(15)24-19(26)14-10-12-4-3-5-13(11-14)18(12)22;/h1-2,6-7,12-14,18H,3-5,8-11,22H2,(H2,21,25)(H,23,27)(H,24,26);1H. The maximum absolute atomic E-state index is 12.8. The predicted molar refractivity (Wildman–Crippen MR) is 110 cm³/mol. The average Bonchev–Trinajstić information content (AvgIpc) is 2.61. The summed E-state index contributed by atoms with van der Waals surface area (Å²) in [6.07, 6.45) is 5.10. The number of anilines is 1. The summed E-state index contributed by atoms with van der Waals surface area (Å²) < 4.78 is 0. The highest BCUT2D eigenvalue weighted by molar-refractivity contribution is 6.04. The lowest BCUT2D eigenvalue weighted by Crippen LogP contribution is -2.48. The Bertz CT molecular complexity index is 713. The van der Waals surface area contributed by atoms with Crippen LogP contribution in [0.15, 0.2) is 24.3 Å². The third-order valence-corrected chi connectivity index (χ3v) is 5.87. The van der Waals surface area contributed by atoms with Gasteiger partial charge in [0.15, 0.2) is 0 Å². The summed E-state index contributed by atoms with van der Waals surface area (Å²) in [5.74, 6) is -0.0870. The second-order valence-corrected chi connectivity index (χ2v) is 7.70. The molecular formula is C20H29ClN4O3. The maximum Gasteiger partial charge on any atom is 0.253 e. The minimum atomic E-state index is -0.474. The number of halogens is 1. The van der Waals surface area contributed by atoms with Crippen molar-refractivity contribution in [2.45, 2.75) is 44.6 Å². The molecule has 7 nitrogen and oxygen atoms in total. The Morgan fingerprint density at radius 2 is 1.71 bits per heavy atom. The molecule has 0 aromatic heterocycles. The van der Waals surface area contributed by atoms with Crippen molar-refractivity contribution in [3.63, 3.8) is 0 Å². The molecule has 0 spiro atoms. The predicted octanol–water partition coefficient (Wildman–Crippen LogP) is 1.81. The van der Waals surface area contributed by atoms with Crippen molar-refractivity contribution < 1.29 is 14.4 Å². The summed E-state index contributed by atoms with van der Waals surface area (Å²) in [6.45, 7) is 0.167. The number of rotatable bonds is 6. The Labute approximate surface area is 171 Å². The number of hydrogen-bond acceptors (Lipinski definition) is 4. The molecule has 28 heavy (non-hydrogen) atoms. The van der Waals surface area contributed by atoms with Crippen LogP contribution in [0, 0.1) is 17.8 Å². The molecule has 3 rings (SSSR count). The molecule has 154 valence electrons. The number of hydrogen-bond donors (Lipinski definition) is 4. The summed E-state index contributed by atoms with van der Waals surface area (Å²) in [4.78, 5) is 36.0. The number of nitrogens with one attached hydrogen (secondary N) is 2. The van der Waals surface area contributed by atoms with Crippen molar-refractivity contribution in [3.8, 4) is 0 Å². The Kier molecular flexibility index (Phi) is 7.83. The van der Waals surface area contributed by atoms with Gasteiger partial charge in [0.25, 0.3) is 5.91 Å². The van der Waals surface area contributed by atoms with E-state index < -0.39 is 5.91 Å². The van der Waals surface area contributed by atoms with Crippen LogP contribution in [0.5, 0.6) is 0 Å². The van der Waals surface area contributed by atoms with Crippen LogP contribution in [0.3, 0.4) is 0 Å². The van der Waals surface area contributed by atoms with Gasteiger partial charge in [-0.15, -0.1) is 12.4 Å². The monoisotopic (exact) mass is 408 g/mol. The van der Waals surface area contributed by atoms with E-state index in [0.29, 0.717) is 23.1 Å². The van der Waals surface area contributed by atoms with Crippen LogP contribution in [-0.4, -0.2) is 30.3 Å². The Hall–Kier alpha value is -2.12. The van der Waals surface area contributed by atoms with Gasteiger partial charge in [-0.3, -0.25) is 14.4 Å². The molecule has 0 saturated heterocycles. The van der Waals surface area contributed by atoms with E-state index in [2.05, 4.69) is 10.6 Å². The summed E-state index contributed by atoms with van der Waals surface area (Å²) in [5, 5.41) is 5.59. The molecule has 2 aliphatic rings. The molecule has 1 aromatic carbocycles. The van der Waals surface area contributed by atoms with Gasteiger partial charge < -0.3 is 22.1 Å². The van der Waals surface area contributed by atoms with Crippen molar-refractivity contribution in [1.82, 2.24) is 5.32 Å². The highest BCUT2D eigenvalue weighted by Gasteiger charge is 2.40. The normalized spacial score (nSPS) is 25.9. The Morgan fingerprint density at radius 3 is 2.36 bits per heavy atom. The van der Waals surface area contributed by atoms with Gasteiger partial charge in [0, 0.05) is 24.9 Å². The first-order valence-corrected chi connectivity index (χ1v) is 9.67. The molecule has 0 heterocycles. The second-order valence-electron chi connectivity index (χ2n) is 7.70. The van der Waals surface area contributed by atoms with Gasteiger partial charge in [0.2, 0.25) is 11.8 Å². The molecule has 8 heteroatoms. The van der Waals surface area contributed by atoms with Crippen LogP contribution in [0.4, 0.5) is 5.69 Å². The van der Waals surface area contributed by atoms with E-state index in [4.69, 9.17) is 11.5 Å². The van der Waals surface area contributed by atoms with Gasteiger partial charge in [-0.25, -0.2) is 0 Å². The first-order valence-electron chi connectivity index (χ1n) is 9.67. The van der Waals surface area contributed by atoms with E-state index in [0.717, 1.165) is 25.7 Å².